The van der Waals surface area contributed by atoms with Gasteiger partial charge in [-0.2, -0.15) is 0 Å². The maximum atomic E-state index is 5.73. The van der Waals surface area contributed by atoms with Gasteiger partial charge in [0.1, 0.15) is 12.4 Å². The van der Waals surface area contributed by atoms with Gasteiger partial charge in [-0.3, -0.25) is 4.98 Å². The molecular weight excluding hydrogens is 224 g/mol. The van der Waals surface area contributed by atoms with Crippen LogP contribution in [0.25, 0.3) is 0 Å². The highest BCUT2D eigenvalue weighted by Crippen LogP contribution is 2.14. The second kappa shape index (κ2) is 6.77. The van der Waals surface area contributed by atoms with Gasteiger partial charge in [-0.05, 0) is 43.3 Å². The van der Waals surface area contributed by atoms with Crippen molar-refractivity contribution in [1.29, 1.82) is 0 Å². The summed E-state index contributed by atoms with van der Waals surface area (Å²) < 4.78 is 5.73. The van der Waals surface area contributed by atoms with Gasteiger partial charge in [-0.15, -0.1) is 0 Å². The number of hydrogen-bond donors (Lipinski definition) is 1. The molecule has 0 aliphatic carbocycles. The first kappa shape index (κ1) is 12.6. The van der Waals surface area contributed by atoms with E-state index in [1.165, 1.54) is 11.1 Å². The summed E-state index contributed by atoms with van der Waals surface area (Å²) in [6.07, 6.45) is 4.49. The van der Waals surface area contributed by atoms with Crippen LogP contribution in [-0.4, -0.2) is 18.6 Å². The Balaban J connectivity index is 2.00. The van der Waals surface area contributed by atoms with Crippen molar-refractivity contribution in [3.05, 3.63) is 59.9 Å². The van der Waals surface area contributed by atoms with Crippen LogP contribution in [0.5, 0.6) is 5.75 Å². The van der Waals surface area contributed by atoms with E-state index in [0.29, 0.717) is 6.61 Å². The fraction of sp³-hybridized carbons (Fsp3) is 0.267. The van der Waals surface area contributed by atoms with Gasteiger partial charge in [0.15, 0.2) is 0 Å². The SMILES string of the molecule is CNCCc1ccccc1COc1cccnc1. The molecule has 18 heavy (non-hydrogen) atoms. The number of nitrogens with zero attached hydrogens (tertiary/aromatic N) is 1. The number of pyridine rings is 1. The molecule has 0 aliphatic heterocycles. The molecule has 0 unspecified atom stereocenters. The third kappa shape index (κ3) is 3.57. The normalized spacial score (nSPS) is 10.3. The molecule has 1 N–H and O–H groups in total. The Morgan fingerprint density at radius 1 is 1.11 bits per heavy atom. The number of aromatic nitrogens is 1. The molecule has 0 bridgehead atoms. The molecule has 1 heterocycles. The van der Waals surface area contributed by atoms with E-state index in [4.69, 9.17) is 4.74 Å². The molecule has 1 aromatic heterocycles. The maximum Gasteiger partial charge on any atom is 0.138 e. The van der Waals surface area contributed by atoms with E-state index in [1.807, 2.05) is 25.2 Å². The lowest BCUT2D eigenvalue weighted by atomic mass is 10.1. The molecule has 2 aromatic rings. The van der Waals surface area contributed by atoms with Gasteiger partial charge in [-0.1, -0.05) is 24.3 Å². The van der Waals surface area contributed by atoms with Crippen molar-refractivity contribution in [3.8, 4) is 5.75 Å². The summed E-state index contributed by atoms with van der Waals surface area (Å²) in [7, 11) is 1.97. The van der Waals surface area contributed by atoms with E-state index in [0.717, 1.165) is 18.7 Å². The fourth-order valence-corrected chi connectivity index (χ4v) is 1.80. The highest BCUT2D eigenvalue weighted by Gasteiger charge is 2.02. The fourth-order valence-electron chi connectivity index (χ4n) is 1.80. The van der Waals surface area contributed by atoms with Crippen LogP contribution in [0.3, 0.4) is 0 Å². The lowest BCUT2D eigenvalue weighted by Crippen LogP contribution is -2.12. The van der Waals surface area contributed by atoms with Crippen molar-refractivity contribution in [2.24, 2.45) is 0 Å². The number of likely N-dealkylation sites (N-methyl/N-ethyl adjacent to an activating group) is 1. The van der Waals surface area contributed by atoms with Crippen LogP contribution in [0, 0.1) is 0 Å². The number of rotatable bonds is 6. The minimum Gasteiger partial charge on any atom is -0.487 e. The van der Waals surface area contributed by atoms with Gasteiger partial charge in [-0.25, -0.2) is 0 Å². The minimum atomic E-state index is 0.589. The maximum absolute atomic E-state index is 5.73. The minimum absolute atomic E-state index is 0.589. The summed E-state index contributed by atoms with van der Waals surface area (Å²) in [6.45, 7) is 1.56. The van der Waals surface area contributed by atoms with Gasteiger partial charge < -0.3 is 10.1 Å². The average Bonchev–Trinajstić information content (AvgIpc) is 2.45. The largest absolute Gasteiger partial charge is 0.487 e. The van der Waals surface area contributed by atoms with Crippen LogP contribution < -0.4 is 10.1 Å². The first-order valence-electron chi connectivity index (χ1n) is 6.14. The third-order valence-electron chi connectivity index (χ3n) is 2.79. The molecule has 3 heteroatoms. The Hall–Kier alpha value is -1.87. The molecule has 0 spiro atoms. The molecule has 0 saturated heterocycles. The Labute approximate surface area is 108 Å². The van der Waals surface area contributed by atoms with Crippen molar-refractivity contribution in [1.82, 2.24) is 10.3 Å². The molecule has 0 radical (unpaired) electrons. The molecule has 0 atom stereocenters. The summed E-state index contributed by atoms with van der Waals surface area (Å²) in [5.74, 6) is 0.806. The zero-order valence-electron chi connectivity index (χ0n) is 10.6. The summed E-state index contributed by atoms with van der Waals surface area (Å²) in [4.78, 5) is 4.03. The number of hydrogen-bond acceptors (Lipinski definition) is 3. The van der Waals surface area contributed by atoms with E-state index in [2.05, 4.69) is 28.5 Å². The van der Waals surface area contributed by atoms with Gasteiger partial charge in [0.25, 0.3) is 0 Å². The number of benzene rings is 1. The summed E-state index contributed by atoms with van der Waals surface area (Å²) in [6, 6.07) is 12.2. The smallest absolute Gasteiger partial charge is 0.138 e. The van der Waals surface area contributed by atoms with Crippen molar-refractivity contribution in [2.45, 2.75) is 13.0 Å². The predicted molar refractivity (Wildman–Crippen MR) is 72.6 cm³/mol. The Morgan fingerprint density at radius 3 is 2.67 bits per heavy atom. The molecule has 0 aliphatic rings. The van der Waals surface area contributed by atoms with Crippen LogP contribution in [0.1, 0.15) is 11.1 Å². The van der Waals surface area contributed by atoms with Gasteiger partial charge in [0, 0.05) is 6.20 Å². The monoisotopic (exact) mass is 242 g/mol. The zero-order valence-corrected chi connectivity index (χ0v) is 10.6. The second-order valence-corrected chi connectivity index (χ2v) is 4.10. The van der Waals surface area contributed by atoms with Crippen LogP contribution in [-0.2, 0) is 13.0 Å². The van der Waals surface area contributed by atoms with Crippen LogP contribution in [0.2, 0.25) is 0 Å². The zero-order chi connectivity index (χ0) is 12.6. The molecule has 94 valence electrons. The van der Waals surface area contributed by atoms with E-state index in [9.17, 15) is 0 Å². The number of ether oxygens (including phenoxy) is 1. The highest BCUT2D eigenvalue weighted by atomic mass is 16.5. The van der Waals surface area contributed by atoms with Gasteiger partial charge in [0.2, 0.25) is 0 Å². The first-order chi connectivity index (χ1) is 8.90. The van der Waals surface area contributed by atoms with Crippen molar-refractivity contribution < 1.29 is 4.74 Å². The van der Waals surface area contributed by atoms with Gasteiger partial charge >= 0.3 is 0 Å². The summed E-state index contributed by atoms with van der Waals surface area (Å²) in [5, 5.41) is 3.17. The number of nitrogens with one attached hydrogen (secondary N) is 1. The standard InChI is InChI=1S/C15H18N2O/c1-16-10-8-13-5-2-3-6-14(13)12-18-15-7-4-9-17-11-15/h2-7,9,11,16H,8,10,12H2,1H3. The van der Waals surface area contributed by atoms with Crippen LogP contribution >= 0.6 is 0 Å². The molecule has 3 nitrogen and oxygen atoms in total. The quantitative estimate of drug-likeness (QED) is 0.844. The van der Waals surface area contributed by atoms with E-state index in [1.54, 1.807) is 12.4 Å². The van der Waals surface area contributed by atoms with Crippen molar-refractivity contribution >= 4 is 0 Å². The second-order valence-electron chi connectivity index (χ2n) is 4.10. The molecular formula is C15H18N2O. The van der Waals surface area contributed by atoms with Crippen LogP contribution in [0.15, 0.2) is 48.8 Å². The highest BCUT2D eigenvalue weighted by molar-refractivity contribution is 5.27. The molecule has 0 amide bonds. The summed E-state index contributed by atoms with van der Waals surface area (Å²) >= 11 is 0. The lowest BCUT2D eigenvalue weighted by molar-refractivity contribution is 0.303. The molecule has 0 fully saturated rings. The Kier molecular flexibility index (Phi) is 4.73. The Morgan fingerprint density at radius 2 is 1.94 bits per heavy atom. The van der Waals surface area contributed by atoms with Crippen molar-refractivity contribution in [3.63, 3.8) is 0 Å². The Bertz CT molecular complexity index is 471. The van der Waals surface area contributed by atoms with Crippen LogP contribution in [0.4, 0.5) is 0 Å². The molecule has 0 saturated carbocycles. The molecule has 2 rings (SSSR count). The lowest BCUT2D eigenvalue weighted by Gasteiger charge is -2.10. The van der Waals surface area contributed by atoms with Gasteiger partial charge in [0.05, 0.1) is 6.20 Å². The third-order valence-corrected chi connectivity index (χ3v) is 2.79. The molecule has 1 aromatic carbocycles. The van der Waals surface area contributed by atoms with E-state index in [-0.39, 0.29) is 0 Å². The topological polar surface area (TPSA) is 34.1 Å². The predicted octanol–water partition coefficient (Wildman–Crippen LogP) is 2.42. The van der Waals surface area contributed by atoms with E-state index < -0.39 is 0 Å². The van der Waals surface area contributed by atoms with E-state index >= 15 is 0 Å². The summed E-state index contributed by atoms with van der Waals surface area (Å²) in [5.41, 5.74) is 2.56. The average molecular weight is 242 g/mol. The van der Waals surface area contributed by atoms with Crippen molar-refractivity contribution in [2.75, 3.05) is 13.6 Å². The first-order valence-corrected chi connectivity index (χ1v) is 6.14.